The lowest BCUT2D eigenvalue weighted by Crippen LogP contribution is -2.43. The Balaban J connectivity index is 0.000000917. The summed E-state index contributed by atoms with van der Waals surface area (Å²) in [5.41, 5.74) is 2.16. The maximum Gasteiger partial charge on any atom is 0.290 e. The van der Waals surface area contributed by atoms with Crippen molar-refractivity contribution in [2.45, 2.75) is 4.90 Å². The average Bonchev–Trinajstić information content (AvgIpc) is 3.34. The van der Waals surface area contributed by atoms with E-state index in [9.17, 15) is 13.2 Å². The molecule has 3 heterocycles. The highest BCUT2D eigenvalue weighted by molar-refractivity contribution is 7.90. The number of hydrogen-bond acceptors (Lipinski definition) is 7. The van der Waals surface area contributed by atoms with Crippen molar-refractivity contribution >= 4 is 38.9 Å². The predicted molar refractivity (Wildman–Crippen MR) is 132 cm³/mol. The maximum absolute atomic E-state index is 13.5. The molecule has 1 fully saturated rings. The summed E-state index contributed by atoms with van der Waals surface area (Å²) >= 11 is 0. The van der Waals surface area contributed by atoms with Gasteiger partial charge in [-0.05, 0) is 42.5 Å². The molecule has 0 spiro atoms. The molecule has 0 amide bonds. The van der Waals surface area contributed by atoms with Crippen molar-refractivity contribution in [1.82, 2.24) is 14.3 Å². The van der Waals surface area contributed by atoms with Crippen molar-refractivity contribution in [1.29, 1.82) is 0 Å². The first kappa shape index (κ1) is 24.1. The van der Waals surface area contributed by atoms with E-state index < -0.39 is 10.0 Å². The average molecular weight is 493 g/mol. The smallest absolute Gasteiger partial charge is 0.290 e. The Kier molecular flexibility index (Phi) is 7.23. The minimum atomic E-state index is -3.89. The number of hydrogen-bond donors (Lipinski definition) is 2. The van der Waals surface area contributed by atoms with Crippen molar-refractivity contribution in [2.75, 3.05) is 31.1 Å². The van der Waals surface area contributed by atoms with Crippen molar-refractivity contribution in [3.05, 3.63) is 90.4 Å². The lowest BCUT2D eigenvalue weighted by atomic mass is 10.1. The molecule has 0 unspecified atom stereocenters. The molecule has 0 bridgehead atoms. The van der Waals surface area contributed by atoms with Crippen LogP contribution < -0.4 is 10.2 Å². The van der Waals surface area contributed by atoms with Crippen LogP contribution in [0.5, 0.6) is 0 Å². The Hall–Kier alpha value is -4.02. The summed E-state index contributed by atoms with van der Waals surface area (Å²) in [6, 6.07) is 18.9. The van der Waals surface area contributed by atoms with Gasteiger partial charge in [0.1, 0.15) is 5.69 Å². The molecule has 4 aromatic rings. The van der Waals surface area contributed by atoms with E-state index in [0.29, 0.717) is 5.52 Å². The van der Waals surface area contributed by atoms with Crippen LogP contribution in [0.25, 0.3) is 10.9 Å². The minimum absolute atomic E-state index is 0.0596. The summed E-state index contributed by atoms with van der Waals surface area (Å²) in [7, 11) is -3.89. The maximum atomic E-state index is 13.5. The highest BCUT2D eigenvalue weighted by Gasteiger charge is 2.22. The van der Waals surface area contributed by atoms with Gasteiger partial charge in [-0.1, -0.05) is 24.3 Å². The zero-order valence-corrected chi connectivity index (χ0v) is 19.6. The normalized spacial score (nSPS) is 13.7. The quantitative estimate of drug-likeness (QED) is 0.322. The van der Waals surface area contributed by atoms with Crippen molar-refractivity contribution in [3.63, 3.8) is 0 Å². The van der Waals surface area contributed by atoms with Gasteiger partial charge in [0.15, 0.2) is 0 Å². The van der Waals surface area contributed by atoms with E-state index in [1.165, 1.54) is 22.3 Å². The third kappa shape index (κ3) is 5.08. The van der Waals surface area contributed by atoms with E-state index in [-0.39, 0.29) is 28.4 Å². The lowest BCUT2D eigenvalue weighted by Gasteiger charge is -2.29. The monoisotopic (exact) mass is 492 g/mol. The molecule has 1 aliphatic rings. The Morgan fingerprint density at radius 1 is 1.00 bits per heavy atom. The number of ketones is 1. The number of carbonyl (C=O) groups excluding carboxylic acids is 1. The van der Waals surface area contributed by atoms with Gasteiger partial charge in [-0.3, -0.25) is 14.6 Å². The number of benzene rings is 2. The fourth-order valence-corrected chi connectivity index (χ4v) is 5.37. The van der Waals surface area contributed by atoms with Gasteiger partial charge in [-0.2, -0.15) is 0 Å². The fraction of sp³-hybridized carbons (Fsp3) is 0.160. The van der Waals surface area contributed by atoms with Gasteiger partial charge in [-0.25, -0.2) is 12.4 Å². The van der Waals surface area contributed by atoms with Crippen LogP contribution in [-0.4, -0.2) is 60.9 Å². The summed E-state index contributed by atoms with van der Waals surface area (Å²) < 4.78 is 28.3. The van der Waals surface area contributed by atoms with E-state index in [2.05, 4.69) is 15.2 Å². The molecule has 9 nitrogen and oxygen atoms in total. The number of aromatic nitrogens is 2. The minimum Gasteiger partial charge on any atom is -0.483 e. The lowest BCUT2D eigenvalue weighted by molar-refractivity contribution is -0.122. The number of carboxylic acid groups (broad SMARTS) is 1. The summed E-state index contributed by atoms with van der Waals surface area (Å²) in [5, 5.41) is 11.1. The van der Waals surface area contributed by atoms with E-state index >= 15 is 0 Å². The second-order valence-electron chi connectivity index (χ2n) is 7.77. The Bertz CT molecular complexity index is 1450. The van der Waals surface area contributed by atoms with E-state index in [1.54, 1.807) is 42.6 Å². The zero-order chi connectivity index (χ0) is 24.8. The van der Waals surface area contributed by atoms with E-state index in [0.717, 1.165) is 37.3 Å². The van der Waals surface area contributed by atoms with Crippen LogP contribution in [0, 0.1) is 0 Å². The predicted octanol–water partition coefficient (Wildman–Crippen LogP) is 2.61. The fourth-order valence-electron chi connectivity index (χ4n) is 3.98. The number of anilines is 1. The first-order valence-electron chi connectivity index (χ1n) is 10.9. The van der Waals surface area contributed by atoms with Crippen molar-refractivity contribution in [3.8, 4) is 0 Å². The van der Waals surface area contributed by atoms with Gasteiger partial charge in [0.05, 0.1) is 10.4 Å². The van der Waals surface area contributed by atoms with Gasteiger partial charge in [0.2, 0.25) is 5.78 Å². The second kappa shape index (κ2) is 10.5. The van der Waals surface area contributed by atoms with Gasteiger partial charge in [-0.15, -0.1) is 0 Å². The second-order valence-corrected chi connectivity index (χ2v) is 9.59. The van der Waals surface area contributed by atoms with Crippen LogP contribution >= 0.6 is 0 Å². The molecule has 1 aliphatic heterocycles. The zero-order valence-electron chi connectivity index (χ0n) is 18.7. The third-order valence-electron chi connectivity index (χ3n) is 5.67. The number of piperazine rings is 1. The summed E-state index contributed by atoms with van der Waals surface area (Å²) in [4.78, 5) is 27.5. The number of nitrogens with one attached hydrogen (secondary N) is 1. The first-order valence-corrected chi connectivity index (χ1v) is 12.4. The molecular formula is C25H24N4O5S. The topological polar surface area (TPSA) is 122 Å². The molecule has 10 heteroatoms. The number of nitrogens with zero attached hydrogens (tertiary/aromatic N) is 3. The molecule has 0 radical (unpaired) electrons. The molecule has 0 saturated carbocycles. The Morgan fingerprint density at radius 2 is 1.77 bits per heavy atom. The summed E-state index contributed by atoms with van der Waals surface area (Å²) in [6.07, 6.45) is 3.10. The molecule has 2 aromatic carbocycles. The van der Waals surface area contributed by atoms with Crippen molar-refractivity contribution < 1.29 is 23.1 Å². The van der Waals surface area contributed by atoms with Crippen LogP contribution in [-0.2, 0) is 14.8 Å². The standard InChI is InChI=1S/C24H22N4O3S.CH2O2/c29-24(22-6-1-2-10-26-22)19-4-3-5-21(16-19)32(30,31)28-13-9-18-7-8-20(17-23(18)28)27-14-11-25-12-15-27;2-1-3/h1-10,13,16-17,25H,11-12,14-15H2;1H,(H,2,3). The van der Waals surface area contributed by atoms with Gasteiger partial charge >= 0.3 is 0 Å². The highest BCUT2D eigenvalue weighted by atomic mass is 32.2. The largest absolute Gasteiger partial charge is 0.483 e. The first-order chi connectivity index (χ1) is 17.0. The van der Waals surface area contributed by atoms with Gasteiger partial charge in [0, 0.05) is 55.2 Å². The molecule has 2 aromatic heterocycles. The third-order valence-corrected chi connectivity index (χ3v) is 7.36. The molecule has 35 heavy (non-hydrogen) atoms. The molecule has 0 atom stereocenters. The molecule has 5 rings (SSSR count). The molecule has 1 saturated heterocycles. The molecule has 180 valence electrons. The van der Waals surface area contributed by atoms with Crippen LogP contribution in [0.2, 0.25) is 0 Å². The van der Waals surface area contributed by atoms with Crippen LogP contribution in [0.3, 0.4) is 0 Å². The Labute approximate surface area is 202 Å². The van der Waals surface area contributed by atoms with Gasteiger partial charge in [0.25, 0.3) is 16.5 Å². The number of rotatable bonds is 5. The number of carbonyl (C=O) groups is 2. The molecule has 0 aliphatic carbocycles. The number of pyridine rings is 1. The van der Waals surface area contributed by atoms with Crippen LogP contribution in [0.1, 0.15) is 16.1 Å². The molecular weight excluding hydrogens is 468 g/mol. The number of fused-ring (bicyclic) bond motifs is 1. The highest BCUT2D eigenvalue weighted by Crippen LogP contribution is 2.27. The SMILES string of the molecule is O=C(c1cccc(S(=O)(=O)n2ccc3ccc(N4CCNCC4)cc32)c1)c1ccccn1.O=CO. The van der Waals surface area contributed by atoms with E-state index in [1.807, 2.05) is 18.2 Å². The summed E-state index contributed by atoms with van der Waals surface area (Å²) in [6.45, 7) is 3.29. The van der Waals surface area contributed by atoms with Crippen LogP contribution in [0.4, 0.5) is 5.69 Å². The van der Waals surface area contributed by atoms with Crippen molar-refractivity contribution in [2.24, 2.45) is 0 Å². The Morgan fingerprint density at radius 3 is 2.49 bits per heavy atom. The molecule has 2 N–H and O–H groups in total. The van der Waals surface area contributed by atoms with Crippen LogP contribution in [0.15, 0.2) is 84.0 Å². The van der Waals surface area contributed by atoms with E-state index in [4.69, 9.17) is 9.90 Å². The van der Waals surface area contributed by atoms with Gasteiger partial charge < -0.3 is 15.3 Å². The summed E-state index contributed by atoms with van der Waals surface area (Å²) in [5.74, 6) is -0.319.